The summed E-state index contributed by atoms with van der Waals surface area (Å²) in [6.45, 7) is 2.28. The Bertz CT molecular complexity index is 618. The largest absolute Gasteiger partial charge is 0.206 e. The second kappa shape index (κ2) is 8.55. The van der Waals surface area contributed by atoms with Crippen molar-refractivity contribution in [3.8, 4) is 6.07 Å². The number of hydrogen-bond donors (Lipinski definition) is 0. The molecule has 0 unspecified atom stereocenters. The molecule has 1 aromatic carbocycles. The normalized spacial score (nSPS) is 27.4. The Morgan fingerprint density at radius 3 is 2.12 bits per heavy atom. The summed E-state index contributed by atoms with van der Waals surface area (Å²) in [4.78, 5) is 0. The number of unbranched alkanes of at least 4 members (excludes halogenated alkanes) is 6. The van der Waals surface area contributed by atoms with Crippen LogP contribution in [0.1, 0.15) is 108 Å². The molecule has 0 heterocycles. The standard InChI is InChI=1S/C24H34FN/c1-2-3-4-5-6-7-8-11-23-12-15-24(16-13-23,17-14-23)21-10-9-20(19-26)22(25)18-21/h9-10,18H,2-8,11-17H2,1H3. The van der Waals surface area contributed by atoms with E-state index < -0.39 is 0 Å². The molecule has 0 aromatic heterocycles. The molecular weight excluding hydrogens is 321 g/mol. The Morgan fingerprint density at radius 2 is 1.54 bits per heavy atom. The molecule has 0 spiro atoms. The van der Waals surface area contributed by atoms with Gasteiger partial charge in [0.2, 0.25) is 0 Å². The maximum absolute atomic E-state index is 14.1. The molecule has 0 saturated heterocycles. The molecule has 3 saturated carbocycles. The molecule has 0 radical (unpaired) electrons. The van der Waals surface area contributed by atoms with Crippen LogP contribution in [0.4, 0.5) is 4.39 Å². The molecule has 142 valence electrons. The molecule has 3 aliphatic rings. The first-order valence-electron chi connectivity index (χ1n) is 10.8. The average molecular weight is 356 g/mol. The molecule has 1 aromatic rings. The molecule has 2 bridgehead atoms. The molecule has 26 heavy (non-hydrogen) atoms. The molecular formula is C24H34FN. The fourth-order valence-electron chi connectivity index (χ4n) is 5.46. The van der Waals surface area contributed by atoms with Gasteiger partial charge in [0.1, 0.15) is 11.9 Å². The van der Waals surface area contributed by atoms with E-state index in [2.05, 4.69) is 6.92 Å². The average Bonchev–Trinajstić information content (AvgIpc) is 2.68. The number of rotatable bonds is 9. The highest BCUT2D eigenvalue weighted by Gasteiger charge is 2.48. The monoisotopic (exact) mass is 355 g/mol. The second-order valence-corrected chi connectivity index (χ2v) is 8.96. The van der Waals surface area contributed by atoms with E-state index in [4.69, 9.17) is 5.26 Å². The van der Waals surface area contributed by atoms with Gasteiger partial charge in [0, 0.05) is 0 Å². The summed E-state index contributed by atoms with van der Waals surface area (Å²) in [6, 6.07) is 7.27. The van der Waals surface area contributed by atoms with Gasteiger partial charge in [-0.05, 0) is 73.5 Å². The van der Waals surface area contributed by atoms with E-state index in [0.29, 0.717) is 5.41 Å². The van der Waals surface area contributed by atoms with Crippen molar-refractivity contribution in [2.45, 2.75) is 102 Å². The van der Waals surface area contributed by atoms with Crippen molar-refractivity contribution < 1.29 is 4.39 Å². The topological polar surface area (TPSA) is 23.8 Å². The third kappa shape index (κ3) is 4.13. The Hall–Kier alpha value is -1.36. The minimum absolute atomic E-state index is 0.171. The number of nitrogens with zero attached hydrogens (tertiary/aromatic N) is 1. The van der Waals surface area contributed by atoms with Gasteiger partial charge in [0.25, 0.3) is 0 Å². The molecule has 0 atom stereocenters. The molecule has 1 nitrogen and oxygen atoms in total. The highest BCUT2D eigenvalue weighted by Crippen LogP contribution is 2.59. The number of nitriles is 1. The van der Waals surface area contributed by atoms with Crippen LogP contribution in [0.25, 0.3) is 0 Å². The first-order chi connectivity index (χ1) is 12.6. The Morgan fingerprint density at radius 1 is 0.923 bits per heavy atom. The van der Waals surface area contributed by atoms with Gasteiger partial charge < -0.3 is 0 Å². The van der Waals surface area contributed by atoms with Crippen molar-refractivity contribution in [3.05, 3.63) is 35.1 Å². The van der Waals surface area contributed by atoms with E-state index in [9.17, 15) is 4.39 Å². The van der Waals surface area contributed by atoms with Crippen molar-refractivity contribution in [3.63, 3.8) is 0 Å². The summed E-state index contributed by atoms with van der Waals surface area (Å²) < 4.78 is 14.1. The molecule has 0 amide bonds. The van der Waals surface area contributed by atoms with Gasteiger partial charge in [-0.3, -0.25) is 0 Å². The van der Waals surface area contributed by atoms with E-state index in [1.807, 2.05) is 12.1 Å². The third-order valence-corrected chi connectivity index (χ3v) is 7.41. The van der Waals surface area contributed by atoms with Crippen LogP contribution in [0.2, 0.25) is 0 Å². The lowest BCUT2D eigenvalue weighted by Gasteiger charge is -2.54. The van der Waals surface area contributed by atoms with Gasteiger partial charge in [0.05, 0.1) is 5.56 Å². The van der Waals surface area contributed by atoms with Crippen molar-refractivity contribution in [2.24, 2.45) is 5.41 Å². The van der Waals surface area contributed by atoms with Crippen LogP contribution in [0.3, 0.4) is 0 Å². The predicted molar refractivity (Wildman–Crippen MR) is 106 cm³/mol. The SMILES string of the molecule is CCCCCCCCCC12CCC(c3ccc(C#N)c(F)c3)(CC1)CC2. The second-order valence-electron chi connectivity index (χ2n) is 8.96. The number of halogens is 1. The van der Waals surface area contributed by atoms with Crippen LogP contribution >= 0.6 is 0 Å². The van der Waals surface area contributed by atoms with Gasteiger partial charge in [-0.2, -0.15) is 5.26 Å². The van der Waals surface area contributed by atoms with Gasteiger partial charge in [-0.1, -0.05) is 57.9 Å². The quantitative estimate of drug-likeness (QED) is 0.422. The van der Waals surface area contributed by atoms with E-state index in [0.717, 1.165) is 5.56 Å². The van der Waals surface area contributed by atoms with Crippen LogP contribution in [-0.4, -0.2) is 0 Å². The zero-order valence-corrected chi connectivity index (χ0v) is 16.5. The van der Waals surface area contributed by atoms with Crippen molar-refractivity contribution in [2.75, 3.05) is 0 Å². The fourth-order valence-corrected chi connectivity index (χ4v) is 5.46. The fraction of sp³-hybridized carbons (Fsp3) is 0.708. The number of fused-ring (bicyclic) bond motifs is 3. The van der Waals surface area contributed by atoms with Crippen LogP contribution in [0.15, 0.2) is 18.2 Å². The summed E-state index contributed by atoms with van der Waals surface area (Å²) in [5.74, 6) is -0.343. The Labute approximate surface area is 159 Å². The minimum Gasteiger partial charge on any atom is -0.206 e. The van der Waals surface area contributed by atoms with Crippen molar-refractivity contribution in [1.82, 2.24) is 0 Å². The summed E-state index contributed by atoms with van der Waals surface area (Å²) in [5.41, 5.74) is 2.07. The molecule has 3 fully saturated rings. The van der Waals surface area contributed by atoms with Gasteiger partial charge >= 0.3 is 0 Å². The highest BCUT2D eigenvalue weighted by atomic mass is 19.1. The maximum atomic E-state index is 14.1. The van der Waals surface area contributed by atoms with E-state index >= 15 is 0 Å². The van der Waals surface area contributed by atoms with Crippen LogP contribution < -0.4 is 0 Å². The lowest BCUT2D eigenvalue weighted by atomic mass is 9.51. The Kier molecular flexibility index (Phi) is 6.38. The third-order valence-electron chi connectivity index (χ3n) is 7.41. The van der Waals surface area contributed by atoms with Gasteiger partial charge in [-0.15, -0.1) is 0 Å². The molecule has 4 rings (SSSR count). The summed E-state index contributed by atoms with van der Waals surface area (Å²) in [7, 11) is 0. The first kappa shape index (κ1) is 19.4. The van der Waals surface area contributed by atoms with Crippen molar-refractivity contribution >= 4 is 0 Å². The first-order valence-corrected chi connectivity index (χ1v) is 10.8. The van der Waals surface area contributed by atoms with E-state index in [1.165, 1.54) is 89.9 Å². The molecule has 0 aliphatic heterocycles. The molecule has 2 heteroatoms. The van der Waals surface area contributed by atoms with Gasteiger partial charge in [-0.25, -0.2) is 4.39 Å². The predicted octanol–water partition coefficient (Wildman–Crippen LogP) is 7.43. The molecule has 0 N–H and O–H groups in total. The zero-order chi connectivity index (χ0) is 18.5. The summed E-state index contributed by atoms with van der Waals surface area (Å²) >= 11 is 0. The minimum atomic E-state index is -0.343. The highest BCUT2D eigenvalue weighted by molar-refractivity contribution is 5.37. The number of benzene rings is 1. The lowest BCUT2D eigenvalue weighted by Crippen LogP contribution is -2.44. The van der Waals surface area contributed by atoms with Crippen molar-refractivity contribution in [1.29, 1.82) is 5.26 Å². The summed E-state index contributed by atoms with van der Waals surface area (Å²) in [5, 5.41) is 8.96. The maximum Gasteiger partial charge on any atom is 0.141 e. The van der Waals surface area contributed by atoms with E-state index in [-0.39, 0.29) is 16.8 Å². The molecule has 3 aliphatic carbocycles. The van der Waals surface area contributed by atoms with Crippen LogP contribution in [-0.2, 0) is 5.41 Å². The van der Waals surface area contributed by atoms with Crippen LogP contribution in [0.5, 0.6) is 0 Å². The van der Waals surface area contributed by atoms with E-state index in [1.54, 1.807) is 12.1 Å². The summed E-state index contributed by atoms with van der Waals surface area (Å²) in [6.07, 6.45) is 18.7. The van der Waals surface area contributed by atoms with Gasteiger partial charge in [0.15, 0.2) is 0 Å². The lowest BCUT2D eigenvalue weighted by molar-refractivity contribution is 0.0303. The Balaban J connectivity index is 1.50. The zero-order valence-electron chi connectivity index (χ0n) is 16.5. The smallest absolute Gasteiger partial charge is 0.141 e. The number of hydrogen-bond acceptors (Lipinski definition) is 1. The van der Waals surface area contributed by atoms with Crippen LogP contribution in [0, 0.1) is 22.6 Å².